The number of carboxylic acids is 1. The minimum absolute atomic E-state index is 0.106. The molecule has 0 amide bonds. The Labute approximate surface area is 88.7 Å². The van der Waals surface area contributed by atoms with Crippen LogP contribution in [0.2, 0.25) is 0 Å². The standard InChI is InChI=1S/C10H16N2O3/c1-4-8-7(5-6-9(13)14)10(15-3)12(2)11-8/h4-6H2,1-3H3,(H,13,14). The lowest BCUT2D eigenvalue weighted by molar-refractivity contribution is -0.136. The Kier molecular flexibility index (Phi) is 3.71. The van der Waals surface area contributed by atoms with Crippen molar-refractivity contribution in [3.63, 3.8) is 0 Å². The molecule has 0 aliphatic rings. The van der Waals surface area contributed by atoms with Crippen LogP contribution in [-0.4, -0.2) is 28.0 Å². The molecule has 0 radical (unpaired) electrons. The van der Waals surface area contributed by atoms with E-state index in [0.29, 0.717) is 12.3 Å². The summed E-state index contributed by atoms with van der Waals surface area (Å²) in [6.07, 6.45) is 1.36. The lowest BCUT2D eigenvalue weighted by Gasteiger charge is -2.03. The van der Waals surface area contributed by atoms with Crippen molar-refractivity contribution in [1.82, 2.24) is 9.78 Å². The third-order valence-corrected chi connectivity index (χ3v) is 2.29. The van der Waals surface area contributed by atoms with Crippen molar-refractivity contribution in [2.45, 2.75) is 26.2 Å². The molecule has 0 aliphatic carbocycles. The Morgan fingerprint density at radius 1 is 1.60 bits per heavy atom. The number of ether oxygens (including phenoxy) is 1. The topological polar surface area (TPSA) is 64.4 Å². The molecular weight excluding hydrogens is 196 g/mol. The molecule has 1 rings (SSSR count). The number of nitrogens with zero attached hydrogens (tertiary/aromatic N) is 2. The number of aliphatic carboxylic acids is 1. The summed E-state index contributed by atoms with van der Waals surface area (Å²) in [4.78, 5) is 10.5. The van der Waals surface area contributed by atoms with Crippen molar-refractivity contribution in [1.29, 1.82) is 0 Å². The monoisotopic (exact) mass is 212 g/mol. The number of aryl methyl sites for hydroxylation is 2. The van der Waals surface area contributed by atoms with Crippen LogP contribution in [-0.2, 0) is 24.7 Å². The largest absolute Gasteiger partial charge is 0.481 e. The Hall–Kier alpha value is -1.52. The van der Waals surface area contributed by atoms with Crippen LogP contribution in [0.15, 0.2) is 0 Å². The van der Waals surface area contributed by atoms with Crippen LogP contribution >= 0.6 is 0 Å². The van der Waals surface area contributed by atoms with Gasteiger partial charge in [-0.25, -0.2) is 4.68 Å². The first kappa shape index (κ1) is 11.6. The second kappa shape index (κ2) is 4.82. The lowest BCUT2D eigenvalue weighted by Crippen LogP contribution is -2.01. The molecule has 0 aliphatic heterocycles. The van der Waals surface area contributed by atoms with E-state index < -0.39 is 5.97 Å². The molecule has 0 aromatic carbocycles. The predicted molar refractivity (Wildman–Crippen MR) is 55.1 cm³/mol. The van der Waals surface area contributed by atoms with E-state index in [2.05, 4.69) is 5.10 Å². The molecule has 0 unspecified atom stereocenters. The number of carbonyl (C=O) groups is 1. The van der Waals surface area contributed by atoms with Crippen LogP contribution in [0, 0.1) is 0 Å². The number of hydrogen-bond acceptors (Lipinski definition) is 3. The number of aromatic nitrogens is 2. The van der Waals surface area contributed by atoms with Gasteiger partial charge in [0.15, 0.2) is 0 Å². The number of hydrogen-bond donors (Lipinski definition) is 1. The SMILES string of the molecule is CCc1nn(C)c(OC)c1CCC(=O)O. The first-order valence-corrected chi connectivity index (χ1v) is 4.90. The summed E-state index contributed by atoms with van der Waals surface area (Å²) in [5.41, 5.74) is 1.82. The first-order valence-electron chi connectivity index (χ1n) is 4.90. The highest BCUT2D eigenvalue weighted by molar-refractivity contribution is 5.67. The van der Waals surface area contributed by atoms with Gasteiger partial charge in [-0.2, -0.15) is 5.10 Å². The zero-order valence-corrected chi connectivity index (χ0v) is 9.28. The minimum atomic E-state index is -0.803. The van der Waals surface area contributed by atoms with Gasteiger partial charge < -0.3 is 9.84 Å². The highest BCUT2D eigenvalue weighted by atomic mass is 16.5. The van der Waals surface area contributed by atoms with Gasteiger partial charge in [0.05, 0.1) is 12.8 Å². The van der Waals surface area contributed by atoms with Gasteiger partial charge in [-0.3, -0.25) is 4.79 Å². The summed E-state index contributed by atoms with van der Waals surface area (Å²) in [7, 11) is 3.36. The van der Waals surface area contributed by atoms with Gasteiger partial charge in [0, 0.05) is 19.0 Å². The molecule has 0 fully saturated rings. The molecular formula is C10H16N2O3. The van der Waals surface area contributed by atoms with Gasteiger partial charge in [0.25, 0.3) is 0 Å². The fraction of sp³-hybridized carbons (Fsp3) is 0.600. The Morgan fingerprint density at radius 2 is 2.27 bits per heavy atom. The Bertz CT molecular complexity index is 358. The molecule has 1 N–H and O–H groups in total. The van der Waals surface area contributed by atoms with E-state index in [-0.39, 0.29) is 6.42 Å². The van der Waals surface area contributed by atoms with E-state index in [1.807, 2.05) is 6.92 Å². The molecule has 84 valence electrons. The fourth-order valence-corrected chi connectivity index (χ4v) is 1.63. The van der Waals surface area contributed by atoms with Crippen molar-refractivity contribution in [3.05, 3.63) is 11.3 Å². The van der Waals surface area contributed by atoms with Gasteiger partial charge in [-0.1, -0.05) is 6.92 Å². The first-order chi connectivity index (χ1) is 7.10. The van der Waals surface area contributed by atoms with Gasteiger partial charge in [-0.05, 0) is 12.8 Å². The van der Waals surface area contributed by atoms with E-state index in [1.54, 1.807) is 18.8 Å². The molecule has 1 aromatic rings. The molecule has 0 bridgehead atoms. The zero-order chi connectivity index (χ0) is 11.4. The third-order valence-electron chi connectivity index (χ3n) is 2.29. The minimum Gasteiger partial charge on any atom is -0.481 e. The van der Waals surface area contributed by atoms with Crippen molar-refractivity contribution < 1.29 is 14.6 Å². The summed E-state index contributed by atoms with van der Waals surface area (Å²) < 4.78 is 6.85. The van der Waals surface area contributed by atoms with E-state index in [9.17, 15) is 4.79 Å². The molecule has 5 heteroatoms. The summed E-state index contributed by atoms with van der Waals surface area (Å²) in [6.45, 7) is 1.99. The van der Waals surface area contributed by atoms with Crippen molar-refractivity contribution in [2.75, 3.05) is 7.11 Å². The number of carboxylic acid groups (broad SMARTS) is 1. The van der Waals surface area contributed by atoms with Crippen LogP contribution in [0.1, 0.15) is 24.6 Å². The average molecular weight is 212 g/mol. The van der Waals surface area contributed by atoms with Crippen LogP contribution in [0.3, 0.4) is 0 Å². The number of methoxy groups -OCH3 is 1. The van der Waals surface area contributed by atoms with E-state index in [0.717, 1.165) is 17.7 Å². The summed E-state index contributed by atoms with van der Waals surface area (Å²) >= 11 is 0. The summed E-state index contributed by atoms with van der Waals surface area (Å²) in [6, 6.07) is 0. The molecule has 1 heterocycles. The highest BCUT2D eigenvalue weighted by Gasteiger charge is 2.16. The zero-order valence-electron chi connectivity index (χ0n) is 9.28. The molecule has 15 heavy (non-hydrogen) atoms. The maximum absolute atomic E-state index is 10.5. The van der Waals surface area contributed by atoms with Gasteiger partial charge in [0.1, 0.15) is 0 Å². The highest BCUT2D eigenvalue weighted by Crippen LogP contribution is 2.23. The van der Waals surface area contributed by atoms with E-state index in [4.69, 9.17) is 9.84 Å². The second-order valence-electron chi connectivity index (χ2n) is 3.31. The molecule has 0 saturated carbocycles. The Morgan fingerprint density at radius 3 is 2.73 bits per heavy atom. The smallest absolute Gasteiger partial charge is 0.303 e. The fourth-order valence-electron chi connectivity index (χ4n) is 1.63. The van der Waals surface area contributed by atoms with Crippen LogP contribution in [0.5, 0.6) is 5.88 Å². The molecule has 0 spiro atoms. The van der Waals surface area contributed by atoms with E-state index >= 15 is 0 Å². The number of rotatable bonds is 5. The maximum Gasteiger partial charge on any atom is 0.303 e. The van der Waals surface area contributed by atoms with E-state index in [1.165, 1.54) is 0 Å². The van der Waals surface area contributed by atoms with Gasteiger partial charge >= 0.3 is 5.97 Å². The molecule has 0 saturated heterocycles. The molecule has 1 aromatic heterocycles. The Balaban J connectivity index is 2.95. The van der Waals surface area contributed by atoms with Crippen LogP contribution in [0.25, 0.3) is 0 Å². The maximum atomic E-state index is 10.5. The second-order valence-corrected chi connectivity index (χ2v) is 3.31. The van der Waals surface area contributed by atoms with Crippen molar-refractivity contribution in [2.24, 2.45) is 7.05 Å². The van der Waals surface area contributed by atoms with Crippen molar-refractivity contribution >= 4 is 5.97 Å². The predicted octanol–water partition coefficient (Wildman–Crippen LogP) is 1.01. The summed E-state index contributed by atoms with van der Waals surface area (Å²) in [5.74, 6) is -0.143. The average Bonchev–Trinajstić information content (AvgIpc) is 2.50. The summed E-state index contributed by atoms with van der Waals surface area (Å²) in [5, 5.41) is 12.9. The van der Waals surface area contributed by atoms with Crippen molar-refractivity contribution in [3.8, 4) is 5.88 Å². The lowest BCUT2D eigenvalue weighted by atomic mass is 10.1. The normalized spacial score (nSPS) is 10.3. The quantitative estimate of drug-likeness (QED) is 0.791. The molecule has 5 nitrogen and oxygen atoms in total. The van der Waals surface area contributed by atoms with Gasteiger partial charge in [0.2, 0.25) is 5.88 Å². The van der Waals surface area contributed by atoms with Crippen LogP contribution < -0.4 is 4.74 Å². The van der Waals surface area contributed by atoms with Gasteiger partial charge in [-0.15, -0.1) is 0 Å². The molecule has 0 atom stereocenters. The third kappa shape index (κ3) is 2.49. The van der Waals surface area contributed by atoms with Crippen LogP contribution in [0.4, 0.5) is 0 Å².